The number of rotatable bonds is 8. The number of thioether (sulfide) groups is 1. The maximum absolute atomic E-state index is 8.68. The number of aromatic nitrogens is 2. The average Bonchev–Trinajstić information content (AvgIpc) is 2.83. The van der Waals surface area contributed by atoms with Crippen LogP contribution in [0.1, 0.15) is 17.7 Å². The predicted octanol–water partition coefficient (Wildman–Crippen LogP) is 1.85. The fraction of sp³-hybridized carbons (Fsp3) is 0.500. The minimum absolute atomic E-state index is 0.293. The molecule has 0 saturated carbocycles. The summed E-state index contributed by atoms with van der Waals surface area (Å²) in [5.41, 5.74) is 3.43. The Morgan fingerprint density at radius 3 is 3.16 bits per heavy atom. The van der Waals surface area contributed by atoms with Gasteiger partial charge in [-0.25, -0.2) is 4.98 Å². The van der Waals surface area contributed by atoms with Crippen molar-refractivity contribution in [2.45, 2.75) is 19.9 Å². The second-order valence-electron chi connectivity index (χ2n) is 4.50. The van der Waals surface area contributed by atoms with Gasteiger partial charge in [0.15, 0.2) is 0 Å². The smallest absolute Gasteiger partial charge is 0.139 e. The number of fused-ring (bicyclic) bond motifs is 1. The molecule has 0 aliphatic carbocycles. The molecular formula is C14H21N3OS. The van der Waals surface area contributed by atoms with Gasteiger partial charge >= 0.3 is 0 Å². The standard InChI is InChI=1S/C14H21N3OS/c1-12-4-2-6-17-13(11-16-14(12)17)10-15-5-9-19-8-3-7-18/h2,4,6,11,15,18H,3,5,7-10H2,1H3. The minimum atomic E-state index is 0.293. The number of hydrogen-bond donors (Lipinski definition) is 2. The third kappa shape index (κ3) is 3.96. The van der Waals surface area contributed by atoms with Crippen LogP contribution in [0.15, 0.2) is 24.5 Å². The fourth-order valence-electron chi connectivity index (χ4n) is 1.96. The Morgan fingerprint density at radius 2 is 2.32 bits per heavy atom. The quantitative estimate of drug-likeness (QED) is 0.724. The third-order valence-electron chi connectivity index (χ3n) is 2.98. The molecule has 0 bridgehead atoms. The first-order valence-corrected chi connectivity index (χ1v) is 7.79. The van der Waals surface area contributed by atoms with Gasteiger partial charge in [0, 0.05) is 31.6 Å². The van der Waals surface area contributed by atoms with E-state index in [0.29, 0.717) is 6.61 Å². The Balaban J connectivity index is 1.77. The lowest BCUT2D eigenvalue weighted by Gasteiger charge is -2.05. The number of pyridine rings is 1. The molecule has 2 heterocycles. The molecule has 0 unspecified atom stereocenters. The van der Waals surface area contributed by atoms with Crippen molar-refractivity contribution in [3.05, 3.63) is 35.8 Å². The first-order valence-electron chi connectivity index (χ1n) is 6.64. The van der Waals surface area contributed by atoms with Gasteiger partial charge in [0.2, 0.25) is 0 Å². The van der Waals surface area contributed by atoms with Gasteiger partial charge in [-0.2, -0.15) is 11.8 Å². The summed E-state index contributed by atoms with van der Waals surface area (Å²) in [7, 11) is 0. The first kappa shape index (κ1) is 14.4. The van der Waals surface area contributed by atoms with Gasteiger partial charge in [0.25, 0.3) is 0 Å². The van der Waals surface area contributed by atoms with E-state index in [0.717, 1.165) is 36.7 Å². The van der Waals surface area contributed by atoms with E-state index in [-0.39, 0.29) is 0 Å². The molecule has 5 heteroatoms. The molecule has 4 nitrogen and oxygen atoms in total. The van der Waals surface area contributed by atoms with Crippen molar-refractivity contribution >= 4 is 17.4 Å². The normalized spacial score (nSPS) is 11.3. The van der Waals surface area contributed by atoms with E-state index < -0.39 is 0 Å². The van der Waals surface area contributed by atoms with Gasteiger partial charge < -0.3 is 14.8 Å². The van der Waals surface area contributed by atoms with Gasteiger partial charge in [0.1, 0.15) is 5.65 Å². The molecule has 0 aliphatic rings. The Kier molecular flexibility index (Phi) is 5.69. The van der Waals surface area contributed by atoms with Crippen LogP contribution in [0.25, 0.3) is 5.65 Å². The van der Waals surface area contributed by atoms with E-state index in [1.54, 1.807) is 0 Å². The highest BCUT2D eigenvalue weighted by Gasteiger charge is 2.03. The number of nitrogens with zero attached hydrogens (tertiary/aromatic N) is 2. The molecule has 0 saturated heterocycles. The number of aryl methyl sites for hydroxylation is 1. The Hall–Kier alpha value is -1.04. The molecule has 2 N–H and O–H groups in total. The second-order valence-corrected chi connectivity index (χ2v) is 5.73. The summed E-state index contributed by atoms with van der Waals surface area (Å²) >= 11 is 1.88. The van der Waals surface area contributed by atoms with Crippen LogP contribution in [0.2, 0.25) is 0 Å². The molecule has 0 fully saturated rings. The monoisotopic (exact) mass is 279 g/mol. The van der Waals surface area contributed by atoms with E-state index in [4.69, 9.17) is 5.11 Å². The van der Waals surface area contributed by atoms with Crippen LogP contribution in [0.5, 0.6) is 0 Å². The van der Waals surface area contributed by atoms with Crippen molar-refractivity contribution in [3.8, 4) is 0 Å². The SMILES string of the molecule is Cc1cccn2c(CNCCSCCCO)cnc12. The first-order chi connectivity index (χ1) is 9.33. The number of aliphatic hydroxyl groups excluding tert-OH is 1. The van der Waals surface area contributed by atoms with E-state index >= 15 is 0 Å². The molecule has 104 valence electrons. The van der Waals surface area contributed by atoms with Gasteiger partial charge in [-0.05, 0) is 30.7 Å². The summed E-state index contributed by atoms with van der Waals surface area (Å²) in [4.78, 5) is 4.45. The van der Waals surface area contributed by atoms with E-state index in [1.165, 1.54) is 11.3 Å². The van der Waals surface area contributed by atoms with Crippen LogP contribution < -0.4 is 5.32 Å². The zero-order valence-electron chi connectivity index (χ0n) is 11.3. The van der Waals surface area contributed by atoms with E-state index in [9.17, 15) is 0 Å². The summed E-state index contributed by atoms with van der Waals surface area (Å²) in [5.74, 6) is 2.11. The topological polar surface area (TPSA) is 49.6 Å². The molecule has 2 aromatic heterocycles. The average molecular weight is 279 g/mol. The van der Waals surface area contributed by atoms with Crippen LogP contribution in [-0.2, 0) is 6.54 Å². The fourth-order valence-corrected chi connectivity index (χ4v) is 2.79. The number of aliphatic hydroxyl groups is 1. The lowest BCUT2D eigenvalue weighted by atomic mass is 10.3. The van der Waals surface area contributed by atoms with Crippen molar-refractivity contribution < 1.29 is 5.11 Å². The molecule has 0 aliphatic heterocycles. The highest BCUT2D eigenvalue weighted by Crippen LogP contribution is 2.10. The molecule has 0 atom stereocenters. The van der Waals surface area contributed by atoms with E-state index in [1.807, 2.05) is 18.0 Å². The zero-order chi connectivity index (χ0) is 13.5. The Bertz CT molecular complexity index is 512. The molecule has 2 aromatic rings. The van der Waals surface area contributed by atoms with Gasteiger partial charge in [-0.1, -0.05) is 6.07 Å². The maximum atomic E-state index is 8.68. The van der Waals surface area contributed by atoms with Gasteiger partial charge in [-0.3, -0.25) is 0 Å². The minimum Gasteiger partial charge on any atom is -0.396 e. The summed E-state index contributed by atoms with van der Waals surface area (Å²) < 4.78 is 2.14. The van der Waals surface area contributed by atoms with Crippen LogP contribution in [0, 0.1) is 6.92 Å². The zero-order valence-corrected chi connectivity index (χ0v) is 12.1. The largest absolute Gasteiger partial charge is 0.396 e. The van der Waals surface area contributed by atoms with Crippen LogP contribution in [0.4, 0.5) is 0 Å². The number of nitrogens with one attached hydrogen (secondary N) is 1. The number of hydrogen-bond acceptors (Lipinski definition) is 4. The Morgan fingerprint density at radius 1 is 1.42 bits per heavy atom. The molecule has 0 amide bonds. The summed E-state index contributed by atoms with van der Waals surface area (Å²) in [5, 5.41) is 12.1. The lowest BCUT2D eigenvalue weighted by molar-refractivity contribution is 0.296. The summed E-state index contributed by atoms with van der Waals surface area (Å²) in [6, 6.07) is 4.13. The van der Waals surface area contributed by atoms with Crippen LogP contribution in [0.3, 0.4) is 0 Å². The lowest BCUT2D eigenvalue weighted by Crippen LogP contribution is -2.17. The third-order valence-corrected chi connectivity index (χ3v) is 4.05. The molecule has 0 aromatic carbocycles. The van der Waals surface area contributed by atoms with Gasteiger partial charge in [0.05, 0.1) is 11.9 Å². The van der Waals surface area contributed by atoms with Crippen LogP contribution in [-0.4, -0.2) is 39.1 Å². The maximum Gasteiger partial charge on any atom is 0.139 e. The summed E-state index contributed by atoms with van der Waals surface area (Å²) in [6.07, 6.45) is 4.88. The van der Waals surface area contributed by atoms with Gasteiger partial charge in [-0.15, -0.1) is 0 Å². The molecule has 2 rings (SSSR count). The second kappa shape index (κ2) is 7.53. The van der Waals surface area contributed by atoms with Crippen molar-refractivity contribution in [2.24, 2.45) is 0 Å². The number of imidazole rings is 1. The highest BCUT2D eigenvalue weighted by molar-refractivity contribution is 7.99. The summed E-state index contributed by atoms with van der Waals surface area (Å²) in [6.45, 7) is 4.19. The van der Waals surface area contributed by atoms with Crippen molar-refractivity contribution in [2.75, 3.05) is 24.7 Å². The van der Waals surface area contributed by atoms with Crippen molar-refractivity contribution in [3.63, 3.8) is 0 Å². The molecule has 0 radical (unpaired) electrons. The molecule has 19 heavy (non-hydrogen) atoms. The molecular weight excluding hydrogens is 258 g/mol. The van der Waals surface area contributed by atoms with E-state index in [2.05, 4.69) is 40.0 Å². The van der Waals surface area contributed by atoms with Crippen molar-refractivity contribution in [1.82, 2.24) is 14.7 Å². The van der Waals surface area contributed by atoms with Crippen LogP contribution >= 0.6 is 11.8 Å². The van der Waals surface area contributed by atoms with Crippen molar-refractivity contribution in [1.29, 1.82) is 0 Å². The predicted molar refractivity (Wildman–Crippen MR) is 80.7 cm³/mol. The molecule has 0 spiro atoms. The Labute approximate surface area is 118 Å². The highest BCUT2D eigenvalue weighted by atomic mass is 32.2.